The zero-order valence-corrected chi connectivity index (χ0v) is 11.4. The van der Waals surface area contributed by atoms with Gasteiger partial charge >= 0.3 is 0 Å². The van der Waals surface area contributed by atoms with Gasteiger partial charge in [0.15, 0.2) is 0 Å². The third-order valence-electron chi connectivity index (χ3n) is 3.71. The minimum atomic E-state index is -0.0824. The molecular formula is C13H27NO2. The molecule has 1 heterocycles. The van der Waals surface area contributed by atoms with Crippen LogP contribution in [0.2, 0.25) is 0 Å². The smallest absolute Gasteiger partial charge is 0.0746 e. The van der Waals surface area contributed by atoms with Gasteiger partial charge in [0.1, 0.15) is 0 Å². The highest BCUT2D eigenvalue weighted by atomic mass is 16.5. The molecule has 0 aromatic carbocycles. The van der Waals surface area contributed by atoms with E-state index in [2.05, 4.69) is 33.0 Å². The molecule has 1 rings (SSSR count). The standard InChI is InChI=1S/C13H27NO2/c1-6-13(4)9-11(7-8-16-13)14-10-12(2,3)15-5/h11,14H,6-10H2,1-5H3. The van der Waals surface area contributed by atoms with E-state index in [1.807, 2.05) is 0 Å². The van der Waals surface area contributed by atoms with E-state index in [0.717, 1.165) is 32.4 Å². The molecule has 0 amide bonds. The van der Waals surface area contributed by atoms with Crippen molar-refractivity contribution in [3.8, 4) is 0 Å². The van der Waals surface area contributed by atoms with E-state index in [9.17, 15) is 0 Å². The van der Waals surface area contributed by atoms with Crippen molar-refractivity contribution in [1.82, 2.24) is 5.32 Å². The van der Waals surface area contributed by atoms with Crippen LogP contribution < -0.4 is 5.32 Å². The van der Waals surface area contributed by atoms with Crippen LogP contribution in [0.15, 0.2) is 0 Å². The van der Waals surface area contributed by atoms with Crippen molar-refractivity contribution in [2.24, 2.45) is 0 Å². The Morgan fingerprint density at radius 3 is 2.75 bits per heavy atom. The van der Waals surface area contributed by atoms with E-state index in [0.29, 0.717) is 6.04 Å². The first-order chi connectivity index (χ1) is 7.41. The maximum absolute atomic E-state index is 5.83. The summed E-state index contributed by atoms with van der Waals surface area (Å²) in [5, 5.41) is 3.60. The van der Waals surface area contributed by atoms with Crippen LogP contribution in [0, 0.1) is 0 Å². The number of hydrogen-bond acceptors (Lipinski definition) is 3. The Morgan fingerprint density at radius 1 is 1.50 bits per heavy atom. The topological polar surface area (TPSA) is 30.5 Å². The monoisotopic (exact) mass is 229 g/mol. The fraction of sp³-hybridized carbons (Fsp3) is 1.00. The summed E-state index contributed by atoms with van der Waals surface area (Å²) < 4.78 is 11.2. The molecule has 0 radical (unpaired) electrons. The molecule has 1 aliphatic heterocycles. The summed E-state index contributed by atoms with van der Waals surface area (Å²) in [6, 6.07) is 0.563. The van der Waals surface area contributed by atoms with Gasteiger partial charge in [-0.15, -0.1) is 0 Å². The number of hydrogen-bond donors (Lipinski definition) is 1. The van der Waals surface area contributed by atoms with Crippen LogP contribution in [0.25, 0.3) is 0 Å². The summed E-state index contributed by atoms with van der Waals surface area (Å²) in [5.74, 6) is 0. The summed E-state index contributed by atoms with van der Waals surface area (Å²) in [5.41, 5.74) is -0.0198. The van der Waals surface area contributed by atoms with Gasteiger partial charge in [0.2, 0.25) is 0 Å². The Morgan fingerprint density at radius 2 is 2.19 bits per heavy atom. The van der Waals surface area contributed by atoms with E-state index >= 15 is 0 Å². The molecule has 16 heavy (non-hydrogen) atoms. The van der Waals surface area contributed by atoms with Gasteiger partial charge in [-0.2, -0.15) is 0 Å². The molecular weight excluding hydrogens is 202 g/mol. The SMILES string of the molecule is CCC1(C)CC(NCC(C)(C)OC)CCO1. The lowest BCUT2D eigenvalue weighted by Crippen LogP contribution is -2.49. The first-order valence-electron chi connectivity index (χ1n) is 6.33. The Labute approximate surface area is 99.9 Å². The normalized spacial score (nSPS) is 31.7. The summed E-state index contributed by atoms with van der Waals surface area (Å²) in [4.78, 5) is 0. The minimum absolute atomic E-state index is 0.0626. The van der Waals surface area contributed by atoms with Crippen LogP contribution in [-0.2, 0) is 9.47 Å². The van der Waals surface area contributed by atoms with Crippen LogP contribution in [0.4, 0.5) is 0 Å². The van der Waals surface area contributed by atoms with Crippen LogP contribution in [0.5, 0.6) is 0 Å². The van der Waals surface area contributed by atoms with Crippen molar-refractivity contribution in [2.45, 2.75) is 64.2 Å². The van der Waals surface area contributed by atoms with Crippen LogP contribution in [0.1, 0.15) is 47.0 Å². The fourth-order valence-electron chi connectivity index (χ4n) is 2.01. The molecule has 0 spiro atoms. The number of nitrogens with one attached hydrogen (secondary N) is 1. The lowest BCUT2D eigenvalue weighted by molar-refractivity contribution is -0.0807. The van der Waals surface area contributed by atoms with Gasteiger partial charge in [-0.1, -0.05) is 6.92 Å². The molecule has 0 bridgehead atoms. The second kappa shape index (κ2) is 5.48. The van der Waals surface area contributed by atoms with Gasteiger partial charge in [0.25, 0.3) is 0 Å². The maximum Gasteiger partial charge on any atom is 0.0746 e. The molecule has 1 N–H and O–H groups in total. The second-order valence-corrected chi connectivity index (χ2v) is 5.69. The molecule has 2 atom stereocenters. The molecule has 0 aromatic heterocycles. The summed E-state index contributed by atoms with van der Waals surface area (Å²) >= 11 is 0. The lowest BCUT2D eigenvalue weighted by atomic mass is 9.89. The second-order valence-electron chi connectivity index (χ2n) is 5.69. The van der Waals surface area contributed by atoms with Crippen LogP contribution in [-0.4, -0.2) is 37.5 Å². The highest BCUT2D eigenvalue weighted by molar-refractivity contribution is 4.87. The molecule has 2 unspecified atom stereocenters. The van der Waals surface area contributed by atoms with E-state index in [4.69, 9.17) is 9.47 Å². The van der Waals surface area contributed by atoms with Gasteiger partial charge in [-0.25, -0.2) is 0 Å². The zero-order chi connectivity index (χ0) is 12.2. The van der Waals surface area contributed by atoms with Gasteiger partial charge in [-0.05, 0) is 40.0 Å². The molecule has 0 aromatic rings. The average Bonchev–Trinajstić information content (AvgIpc) is 2.27. The summed E-state index contributed by atoms with van der Waals surface area (Å²) in [6.45, 7) is 10.4. The Bertz CT molecular complexity index is 218. The molecule has 96 valence electrons. The Balaban J connectivity index is 2.38. The minimum Gasteiger partial charge on any atom is -0.377 e. The molecule has 1 fully saturated rings. The quantitative estimate of drug-likeness (QED) is 0.785. The number of ether oxygens (including phenoxy) is 2. The van der Waals surface area contributed by atoms with Crippen LogP contribution in [0.3, 0.4) is 0 Å². The summed E-state index contributed by atoms with van der Waals surface area (Å²) in [7, 11) is 1.77. The van der Waals surface area contributed by atoms with E-state index < -0.39 is 0 Å². The Hall–Kier alpha value is -0.120. The van der Waals surface area contributed by atoms with Gasteiger partial charge in [0, 0.05) is 26.3 Å². The number of rotatable bonds is 5. The van der Waals surface area contributed by atoms with Crippen molar-refractivity contribution < 1.29 is 9.47 Å². The first kappa shape index (κ1) is 13.9. The van der Waals surface area contributed by atoms with Crippen LogP contribution >= 0.6 is 0 Å². The van der Waals surface area contributed by atoms with Crippen molar-refractivity contribution in [3.05, 3.63) is 0 Å². The average molecular weight is 229 g/mol. The third-order valence-corrected chi connectivity index (χ3v) is 3.71. The van der Waals surface area contributed by atoms with Crippen molar-refractivity contribution in [2.75, 3.05) is 20.3 Å². The van der Waals surface area contributed by atoms with E-state index in [-0.39, 0.29) is 11.2 Å². The predicted octanol–water partition coefficient (Wildman–Crippen LogP) is 2.35. The van der Waals surface area contributed by atoms with E-state index in [1.165, 1.54) is 0 Å². The molecule has 3 heteroatoms. The molecule has 3 nitrogen and oxygen atoms in total. The third kappa shape index (κ3) is 4.04. The molecule has 1 aliphatic rings. The number of methoxy groups -OCH3 is 1. The predicted molar refractivity (Wildman–Crippen MR) is 66.8 cm³/mol. The van der Waals surface area contributed by atoms with Gasteiger partial charge < -0.3 is 14.8 Å². The summed E-state index contributed by atoms with van der Waals surface area (Å²) in [6.07, 6.45) is 3.29. The van der Waals surface area contributed by atoms with E-state index in [1.54, 1.807) is 7.11 Å². The van der Waals surface area contributed by atoms with Gasteiger partial charge in [-0.3, -0.25) is 0 Å². The highest BCUT2D eigenvalue weighted by Crippen LogP contribution is 2.27. The Kier molecular flexibility index (Phi) is 4.77. The van der Waals surface area contributed by atoms with Crippen molar-refractivity contribution in [1.29, 1.82) is 0 Å². The zero-order valence-electron chi connectivity index (χ0n) is 11.4. The highest BCUT2D eigenvalue weighted by Gasteiger charge is 2.32. The lowest BCUT2D eigenvalue weighted by Gasteiger charge is -2.39. The molecule has 0 aliphatic carbocycles. The first-order valence-corrected chi connectivity index (χ1v) is 6.33. The van der Waals surface area contributed by atoms with Gasteiger partial charge in [0.05, 0.1) is 11.2 Å². The maximum atomic E-state index is 5.83. The fourth-order valence-corrected chi connectivity index (χ4v) is 2.01. The molecule has 0 saturated carbocycles. The van der Waals surface area contributed by atoms with Crippen molar-refractivity contribution in [3.63, 3.8) is 0 Å². The largest absolute Gasteiger partial charge is 0.377 e. The van der Waals surface area contributed by atoms with Crippen molar-refractivity contribution >= 4 is 0 Å². The molecule has 1 saturated heterocycles.